The Morgan fingerprint density at radius 2 is 1.84 bits per heavy atom. The van der Waals surface area contributed by atoms with Gasteiger partial charge in [-0.25, -0.2) is 0 Å². The van der Waals surface area contributed by atoms with Crippen LogP contribution in [0.2, 0.25) is 0 Å². The Kier molecular flexibility index (Phi) is 6.26. The second-order valence-corrected chi connectivity index (χ2v) is 9.46. The molecule has 1 saturated carbocycles. The first kappa shape index (κ1) is 21.2. The van der Waals surface area contributed by atoms with E-state index in [9.17, 15) is 4.79 Å². The average Bonchev–Trinajstić information content (AvgIpc) is 3.49. The van der Waals surface area contributed by atoms with Crippen LogP contribution in [0.5, 0.6) is 6.01 Å². The number of benzene rings is 1. The molecule has 2 aromatic rings. The number of anilines is 2. The maximum Gasteiger partial charge on any atom is 0.320 e. The third-order valence-corrected chi connectivity index (χ3v) is 6.75. The summed E-state index contributed by atoms with van der Waals surface area (Å²) in [5.74, 6) is 2.07. The molecule has 7 nitrogen and oxygen atoms in total. The molecular weight excluding hydrogens is 402 g/mol. The third-order valence-electron chi connectivity index (χ3n) is 6.75. The van der Waals surface area contributed by atoms with Crippen molar-refractivity contribution < 1.29 is 9.53 Å². The van der Waals surface area contributed by atoms with E-state index in [4.69, 9.17) is 15.5 Å². The van der Waals surface area contributed by atoms with Crippen LogP contribution in [0.3, 0.4) is 0 Å². The molecule has 2 N–H and O–H groups in total. The molecular formula is C25H33N5O2. The van der Waals surface area contributed by atoms with Crippen molar-refractivity contribution in [1.82, 2.24) is 14.9 Å². The molecule has 0 spiro atoms. The molecule has 32 heavy (non-hydrogen) atoms. The van der Waals surface area contributed by atoms with Gasteiger partial charge in [0.05, 0.1) is 6.61 Å². The van der Waals surface area contributed by atoms with E-state index in [0.717, 1.165) is 30.3 Å². The molecule has 0 unspecified atom stereocenters. The third kappa shape index (κ3) is 5.21. The van der Waals surface area contributed by atoms with Crippen molar-refractivity contribution in [3.05, 3.63) is 41.0 Å². The van der Waals surface area contributed by atoms with Crippen molar-refractivity contribution >= 4 is 17.4 Å². The highest BCUT2D eigenvalue weighted by atomic mass is 16.5. The number of likely N-dealkylation sites (tertiary alicyclic amines) is 1. The highest BCUT2D eigenvalue weighted by molar-refractivity contribution is 5.85. The maximum absolute atomic E-state index is 12.4. The number of ketones is 1. The van der Waals surface area contributed by atoms with Crippen LogP contribution in [0, 0.1) is 5.92 Å². The number of Topliss-reactive ketones (excluding diaryl/α,β-unsaturated/α-hetero) is 1. The van der Waals surface area contributed by atoms with Gasteiger partial charge in [0, 0.05) is 38.0 Å². The van der Waals surface area contributed by atoms with Crippen LogP contribution in [0.1, 0.15) is 55.2 Å². The lowest BCUT2D eigenvalue weighted by Gasteiger charge is -2.25. The molecule has 0 amide bonds. The van der Waals surface area contributed by atoms with E-state index < -0.39 is 0 Å². The van der Waals surface area contributed by atoms with Crippen LogP contribution in [0.4, 0.5) is 11.6 Å². The zero-order valence-electron chi connectivity index (χ0n) is 18.8. The molecule has 1 aromatic heterocycles. The van der Waals surface area contributed by atoms with Crippen molar-refractivity contribution in [3.8, 4) is 6.01 Å². The Balaban J connectivity index is 1.35. The Bertz CT molecular complexity index is 969. The molecule has 3 aliphatic rings. The minimum atomic E-state index is 0.175. The smallest absolute Gasteiger partial charge is 0.320 e. The van der Waals surface area contributed by atoms with E-state index in [-0.39, 0.29) is 12.2 Å². The minimum absolute atomic E-state index is 0.175. The van der Waals surface area contributed by atoms with Gasteiger partial charge in [-0.1, -0.05) is 37.1 Å². The van der Waals surface area contributed by atoms with Gasteiger partial charge < -0.3 is 15.4 Å². The summed E-state index contributed by atoms with van der Waals surface area (Å²) < 4.78 is 5.84. The second-order valence-electron chi connectivity index (χ2n) is 9.46. The summed E-state index contributed by atoms with van der Waals surface area (Å²) in [4.78, 5) is 26.2. The van der Waals surface area contributed by atoms with E-state index in [1.807, 2.05) is 0 Å². The highest BCUT2D eigenvalue weighted by Gasteiger charge is 2.26. The molecule has 5 rings (SSSR count). The Morgan fingerprint density at radius 1 is 1.06 bits per heavy atom. The summed E-state index contributed by atoms with van der Waals surface area (Å²) in [6.45, 7) is 5.29. The largest absolute Gasteiger partial charge is 0.463 e. The van der Waals surface area contributed by atoms with Gasteiger partial charge in [-0.05, 0) is 49.4 Å². The molecule has 1 saturated heterocycles. The Morgan fingerprint density at radius 3 is 2.62 bits per heavy atom. The number of aromatic nitrogens is 2. The second kappa shape index (κ2) is 9.45. The predicted octanol–water partition coefficient (Wildman–Crippen LogP) is 3.36. The average molecular weight is 436 g/mol. The number of nitrogens with zero attached hydrogens (tertiary/aromatic N) is 4. The molecule has 1 aliphatic carbocycles. The zero-order valence-corrected chi connectivity index (χ0v) is 18.8. The van der Waals surface area contributed by atoms with Crippen LogP contribution in [-0.2, 0) is 24.3 Å². The van der Waals surface area contributed by atoms with Gasteiger partial charge >= 0.3 is 6.01 Å². The van der Waals surface area contributed by atoms with Crippen molar-refractivity contribution in [2.75, 3.05) is 36.9 Å². The summed E-state index contributed by atoms with van der Waals surface area (Å²) in [6, 6.07) is 9.09. The number of carbonyl (C=O) groups excluding carboxylic acids is 1. The number of hydrogen-bond acceptors (Lipinski definition) is 7. The van der Waals surface area contributed by atoms with E-state index in [2.05, 4.69) is 39.0 Å². The van der Waals surface area contributed by atoms with Crippen LogP contribution < -0.4 is 15.4 Å². The van der Waals surface area contributed by atoms with E-state index in [1.54, 1.807) is 0 Å². The fourth-order valence-corrected chi connectivity index (χ4v) is 4.74. The predicted molar refractivity (Wildman–Crippen MR) is 125 cm³/mol. The molecule has 170 valence electrons. The molecule has 0 atom stereocenters. The lowest BCUT2D eigenvalue weighted by atomic mass is 10.1. The summed E-state index contributed by atoms with van der Waals surface area (Å²) in [5.41, 5.74) is 9.56. The van der Waals surface area contributed by atoms with Gasteiger partial charge in [0.25, 0.3) is 0 Å². The minimum Gasteiger partial charge on any atom is -0.463 e. The molecule has 0 bridgehead atoms. The maximum atomic E-state index is 12.4. The van der Waals surface area contributed by atoms with Gasteiger partial charge in [0.1, 0.15) is 17.4 Å². The molecule has 1 aromatic carbocycles. The quantitative estimate of drug-likeness (QED) is 0.681. The Hall–Kier alpha value is -2.67. The monoisotopic (exact) mass is 435 g/mol. The van der Waals surface area contributed by atoms with Gasteiger partial charge in [0.15, 0.2) is 0 Å². The summed E-state index contributed by atoms with van der Waals surface area (Å²) in [7, 11) is 0. The standard InChI is InChI=1S/C25H33N5O2/c26-23-22-15-21(31)8-12-30(24(22)28-25(27-23)32-13-9-18-6-7-18)17-20-5-3-4-19(14-20)16-29-10-1-2-11-29/h3-5,14,18H,1-2,6-13,15-17H2,(H2,26,27,28). The van der Waals surface area contributed by atoms with Gasteiger partial charge in [-0.2, -0.15) is 9.97 Å². The molecule has 3 heterocycles. The van der Waals surface area contributed by atoms with E-state index in [1.165, 1.54) is 49.9 Å². The van der Waals surface area contributed by atoms with Crippen molar-refractivity contribution in [1.29, 1.82) is 0 Å². The highest BCUT2D eigenvalue weighted by Crippen LogP contribution is 2.33. The molecule has 7 heteroatoms. The SMILES string of the molecule is Nc1nc(OCCC2CC2)nc2c1CC(=O)CCN2Cc1cccc(CN2CCCC2)c1. The number of rotatable bonds is 8. The van der Waals surface area contributed by atoms with Crippen molar-refractivity contribution in [2.45, 2.75) is 58.0 Å². The first-order valence-corrected chi connectivity index (χ1v) is 12.0. The number of carbonyl (C=O) groups is 1. The normalized spacial score (nSPS) is 19.1. The Labute approximate surface area is 190 Å². The molecule has 0 radical (unpaired) electrons. The number of hydrogen-bond donors (Lipinski definition) is 1. The van der Waals surface area contributed by atoms with Crippen LogP contribution in [0.15, 0.2) is 24.3 Å². The fraction of sp³-hybridized carbons (Fsp3) is 0.560. The summed E-state index contributed by atoms with van der Waals surface area (Å²) in [6.07, 6.45) is 6.99. The fourth-order valence-electron chi connectivity index (χ4n) is 4.74. The molecule has 2 fully saturated rings. The van der Waals surface area contributed by atoms with Crippen molar-refractivity contribution in [2.24, 2.45) is 5.92 Å². The van der Waals surface area contributed by atoms with E-state index in [0.29, 0.717) is 37.9 Å². The van der Waals surface area contributed by atoms with Gasteiger partial charge in [0.2, 0.25) is 0 Å². The number of fused-ring (bicyclic) bond motifs is 1. The van der Waals surface area contributed by atoms with Crippen molar-refractivity contribution in [3.63, 3.8) is 0 Å². The number of nitrogen functional groups attached to an aromatic ring is 1. The van der Waals surface area contributed by atoms with Gasteiger partial charge in [-0.15, -0.1) is 0 Å². The molecule has 2 aliphatic heterocycles. The summed E-state index contributed by atoms with van der Waals surface area (Å²) >= 11 is 0. The topological polar surface area (TPSA) is 84.6 Å². The summed E-state index contributed by atoms with van der Waals surface area (Å²) in [5, 5.41) is 0. The van der Waals surface area contributed by atoms with Crippen LogP contribution >= 0.6 is 0 Å². The lowest BCUT2D eigenvalue weighted by molar-refractivity contribution is -0.118. The first-order chi connectivity index (χ1) is 15.6. The number of nitrogens with two attached hydrogens (primary N) is 1. The van der Waals surface area contributed by atoms with E-state index >= 15 is 0 Å². The van der Waals surface area contributed by atoms with Gasteiger partial charge in [-0.3, -0.25) is 9.69 Å². The zero-order chi connectivity index (χ0) is 21.9. The first-order valence-electron chi connectivity index (χ1n) is 12.0. The number of ether oxygens (including phenoxy) is 1. The lowest BCUT2D eigenvalue weighted by Crippen LogP contribution is -2.26. The van der Waals surface area contributed by atoms with Crippen LogP contribution in [0.25, 0.3) is 0 Å². The van der Waals surface area contributed by atoms with Crippen LogP contribution in [-0.4, -0.2) is 46.9 Å².